The largest absolute Gasteiger partial charge is 0.294 e. The number of rotatable bonds is 0. The monoisotopic (exact) mass is 298 g/mol. The molecule has 0 saturated heterocycles. The molecule has 0 fully saturated rings. The van der Waals surface area contributed by atoms with Gasteiger partial charge in [0.05, 0.1) is 5.52 Å². The summed E-state index contributed by atoms with van der Waals surface area (Å²) < 4.78 is 1.03. The molecule has 0 spiro atoms. The normalized spacial score (nSPS) is 15.1. The van der Waals surface area contributed by atoms with Crippen LogP contribution in [0.25, 0.3) is 10.9 Å². The zero-order valence-corrected chi connectivity index (χ0v) is 9.46. The van der Waals surface area contributed by atoms with Crippen LogP contribution in [0.15, 0.2) is 12.1 Å². The lowest BCUT2D eigenvalue weighted by molar-refractivity contribution is 0.0994. The second kappa shape index (κ2) is 2.79. The van der Waals surface area contributed by atoms with E-state index in [0.29, 0.717) is 6.42 Å². The van der Waals surface area contributed by atoms with Crippen LogP contribution < -0.4 is 0 Å². The Morgan fingerprint density at radius 1 is 1.36 bits per heavy atom. The first-order chi connectivity index (χ1) is 6.77. The van der Waals surface area contributed by atoms with Crippen molar-refractivity contribution in [1.82, 2.24) is 10.2 Å². The van der Waals surface area contributed by atoms with E-state index in [1.807, 2.05) is 12.1 Å². The zero-order valence-electron chi connectivity index (χ0n) is 7.30. The maximum Gasteiger partial charge on any atom is 0.163 e. The van der Waals surface area contributed by atoms with Crippen LogP contribution in [0.3, 0.4) is 0 Å². The van der Waals surface area contributed by atoms with E-state index in [4.69, 9.17) is 0 Å². The molecule has 0 aliphatic heterocycles. The van der Waals surface area contributed by atoms with E-state index in [1.165, 1.54) is 5.56 Å². The highest BCUT2D eigenvalue weighted by Crippen LogP contribution is 2.31. The number of fused-ring (bicyclic) bond motifs is 3. The number of Topliss-reactive ketones (excluding diaryl/α,β-unsaturated/α-hetero) is 1. The highest BCUT2D eigenvalue weighted by Gasteiger charge is 2.23. The number of hydrogen-bond acceptors (Lipinski definition) is 2. The number of carbonyl (C=O) groups is 1. The van der Waals surface area contributed by atoms with Crippen LogP contribution in [0.1, 0.15) is 22.3 Å². The van der Waals surface area contributed by atoms with Crippen LogP contribution in [0.5, 0.6) is 0 Å². The molecular formula is C10H7IN2O. The number of aromatic nitrogens is 2. The van der Waals surface area contributed by atoms with Crippen LogP contribution >= 0.6 is 22.6 Å². The van der Waals surface area contributed by atoms with Gasteiger partial charge in [0.1, 0.15) is 3.70 Å². The van der Waals surface area contributed by atoms with E-state index < -0.39 is 0 Å². The topological polar surface area (TPSA) is 45.8 Å². The van der Waals surface area contributed by atoms with Crippen molar-refractivity contribution in [2.45, 2.75) is 12.8 Å². The lowest BCUT2D eigenvalue weighted by Crippen LogP contribution is -1.90. The lowest BCUT2D eigenvalue weighted by atomic mass is 10.1. The standard InChI is InChI=1S/C10H7IN2O/c11-10-9-6-2-4-8(14)5(6)1-3-7(9)12-13-10/h1,3H,2,4H2,(H,12,13). The van der Waals surface area contributed by atoms with E-state index >= 15 is 0 Å². The molecule has 1 heterocycles. The van der Waals surface area contributed by atoms with Gasteiger partial charge in [-0.3, -0.25) is 9.89 Å². The minimum absolute atomic E-state index is 0.263. The van der Waals surface area contributed by atoms with Gasteiger partial charge in [0.15, 0.2) is 5.78 Å². The number of aryl methyl sites for hydroxylation is 1. The second-order valence-corrected chi connectivity index (χ2v) is 4.53. The maximum atomic E-state index is 11.5. The van der Waals surface area contributed by atoms with Gasteiger partial charge >= 0.3 is 0 Å². The molecule has 0 amide bonds. The highest BCUT2D eigenvalue weighted by atomic mass is 127. The van der Waals surface area contributed by atoms with Crippen molar-refractivity contribution in [2.75, 3.05) is 0 Å². The van der Waals surface area contributed by atoms with Gasteiger partial charge in [0.2, 0.25) is 0 Å². The van der Waals surface area contributed by atoms with Crippen LogP contribution in [-0.4, -0.2) is 16.0 Å². The fourth-order valence-corrected chi connectivity index (χ4v) is 2.76. The SMILES string of the molecule is O=C1CCc2c1ccc1n[nH]c(I)c21. The average molecular weight is 298 g/mol. The van der Waals surface area contributed by atoms with Crippen LogP contribution in [0, 0.1) is 3.70 Å². The third kappa shape index (κ3) is 0.972. The van der Waals surface area contributed by atoms with Crippen molar-refractivity contribution < 1.29 is 4.79 Å². The maximum absolute atomic E-state index is 11.5. The Kier molecular flexibility index (Phi) is 1.67. The summed E-state index contributed by atoms with van der Waals surface area (Å²) in [7, 11) is 0. The molecule has 2 aromatic rings. The van der Waals surface area contributed by atoms with E-state index in [2.05, 4.69) is 32.8 Å². The van der Waals surface area contributed by atoms with E-state index in [1.54, 1.807) is 0 Å². The molecule has 0 radical (unpaired) electrons. The summed E-state index contributed by atoms with van der Waals surface area (Å²) in [6, 6.07) is 3.81. The average Bonchev–Trinajstić information content (AvgIpc) is 2.72. The molecule has 0 bridgehead atoms. The van der Waals surface area contributed by atoms with Gasteiger partial charge in [-0.25, -0.2) is 0 Å². The number of ketones is 1. The van der Waals surface area contributed by atoms with E-state index in [0.717, 1.165) is 26.6 Å². The van der Waals surface area contributed by atoms with Crippen molar-refractivity contribution in [3.8, 4) is 0 Å². The molecule has 14 heavy (non-hydrogen) atoms. The van der Waals surface area contributed by atoms with Crippen molar-refractivity contribution in [1.29, 1.82) is 0 Å². The summed E-state index contributed by atoms with van der Waals surface area (Å²) in [4.78, 5) is 11.5. The molecule has 1 aromatic carbocycles. The number of nitrogens with zero attached hydrogens (tertiary/aromatic N) is 1. The molecule has 0 unspecified atom stereocenters. The van der Waals surface area contributed by atoms with Crippen LogP contribution in [-0.2, 0) is 6.42 Å². The van der Waals surface area contributed by atoms with Crippen molar-refractivity contribution in [2.24, 2.45) is 0 Å². The Balaban J connectivity index is 2.47. The second-order valence-electron chi connectivity index (χ2n) is 3.45. The molecule has 1 N–H and O–H groups in total. The Morgan fingerprint density at radius 3 is 3.07 bits per heavy atom. The Morgan fingerprint density at radius 2 is 2.21 bits per heavy atom. The molecule has 70 valence electrons. The number of aromatic amines is 1. The van der Waals surface area contributed by atoms with Gasteiger partial charge in [-0.1, -0.05) is 0 Å². The molecule has 3 rings (SSSR count). The summed E-state index contributed by atoms with van der Waals surface area (Å²) in [5, 5.41) is 8.26. The third-order valence-electron chi connectivity index (χ3n) is 2.69. The molecule has 3 nitrogen and oxygen atoms in total. The third-order valence-corrected chi connectivity index (χ3v) is 3.47. The number of nitrogens with one attached hydrogen (secondary N) is 1. The van der Waals surface area contributed by atoms with Crippen LogP contribution in [0.4, 0.5) is 0 Å². The van der Waals surface area contributed by atoms with Crippen LogP contribution in [0.2, 0.25) is 0 Å². The predicted molar refractivity (Wildman–Crippen MR) is 61.5 cm³/mol. The first-order valence-electron chi connectivity index (χ1n) is 4.46. The lowest BCUT2D eigenvalue weighted by Gasteiger charge is -1.98. The summed E-state index contributed by atoms with van der Waals surface area (Å²) in [6.45, 7) is 0. The molecule has 0 saturated carbocycles. The number of benzene rings is 1. The Bertz CT molecular complexity index is 544. The molecule has 1 aliphatic rings. The predicted octanol–water partition coefficient (Wildman–Crippen LogP) is 2.30. The number of halogens is 1. The molecule has 1 aromatic heterocycles. The smallest absolute Gasteiger partial charge is 0.163 e. The zero-order chi connectivity index (χ0) is 9.71. The molecular weight excluding hydrogens is 291 g/mol. The van der Waals surface area contributed by atoms with E-state index in [-0.39, 0.29) is 5.78 Å². The summed E-state index contributed by atoms with van der Waals surface area (Å²) in [5.41, 5.74) is 3.02. The summed E-state index contributed by atoms with van der Waals surface area (Å²) in [6.07, 6.45) is 1.51. The van der Waals surface area contributed by atoms with Crippen molar-refractivity contribution in [3.05, 3.63) is 27.0 Å². The van der Waals surface area contributed by atoms with Gasteiger partial charge in [0, 0.05) is 17.4 Å². The molecule has 1 aliphatic carbocycles. The fourth-order valence-electron chi connectivity index (χ4n) is 2.03. The Labute approximate surface area is 94.0 Å². The number of hydrogen-bond donors (Lipinski definition) is 1. The fraction of sp³-hybridized carbons (Fsp3) is 0.200. The first kappa shape index (κ1) is 8.40. The van der Waals surface area contributed by atoms with E-state index in [9.17, 15) is 4.79 Å². The van der Waals surface area contributed by atoms with Gasteiger partial charge in [0.25, 0.3) is 0 Å². The van der Waals surface area contributed by atoms with Gasteiger partial charge < -0.3 is 0 Å². The first-order valence-corrected chi connectivity index (χ1v) is 5.54. The minimum atomic E-state index is 0.263. The van der Waals surface area contributed by atoms with Gasteiger partial charge in [-0.05, 0) is 46.7 Å². The van der Waals surface area contributed by atoms with Gasteiger partial charge in [-0.15, -0.1) is 0 Å². The summed E-state index contributed by atoms with van der Waals surface area (Å²) in [5.74, 6) is 0.263. The molecule has 4 heteroatoms. The summed E-state index contributed by atoms with van der Waals surface area (Å²) >= 11 is 2.22. The Hall–Kier alpha value is -0.910. The molecule has 0 atom stereocenters. The number of carbonyl (C=O) groups excluding carboxylic acids is 1. The number of H-pyrrole nitrogens is 1. The van der Waals surface area contributed by atoms with Crippen molar-refractivity contribution in [3.63, 3.8) is 0 Å². The highest BCUT2D eigenvalue weighted by molar-refractivity contribution is 14.1. The van der Waals surface area contributed by atoms with Gasteiger partial charge in [-0.2, -0.15) is 5.10 Å². The minimum Gasteiger partial charge on any atom is -0.294 e. The van der Waals surface area contributed by atoms with Crippen molar-refractivity contribution >= 4 is 39.3 Å². The quantitative estimate of drug-likeness (QED) is 0.759.